The van der Waals surface area contributed by atoms with E-state index in [4.69, 9.17) is 0 Å². The van der Waals surface area contributed by atoms with Gasteiger partial charge in [0.25, 0.3) is 0 Å². The van der Waals surface area contributed by atoms with Crippen LogP contribution in [-0.4, -0.2) is 28.2 Å². The lowest BCUT2D eigenvalue weighted by Gasteiger charge is -2.57. The largest absolute Gasteiger partial charge is 0.393 e. The van der Waals surface area contributed by atoms with Crippen LogP contribution in [0.4, 0.5) is 0 Å². The highest BCUT2D eigenvalue weighted by Gasteiger charge is 2.60. The van der Waals surface area contributed by atoms with E-state index in [1.165, 1.54) is 5.57 Å². The molecule has 4 rings (SSSR count). The van der Waals surface area contributed by atoms with Crippen molar-refractivity contribution < 1.29 is 15.0 Å². The van der Waals surface area contributed by atoms with Crippen molar-refractivity contribution in [3.63, 3.8) is 0 Å². The molecule has 4 aliphatic carbocycles. The molecule has 3 nitrogen and oxygen atoms in total. The SMILES string of the molecule is CC12CCC(O)CC1=CCC1C2CCC2(C)C(O)C(=O)CC12. The lowest BCUT2D eigenvalue weighted by Crippen LogP contribution is -2.51. The molecule has 0 bridgehead atoms. The molecule has 3 heteroatoms. The third-order valence-corrected chi connectivity index (χ3v) is 7.87. The van der Waals surface area contributed by atoms with E-state index in [0.29, 0.717) is 24.2 Å². The highest BCUT2D eigenvalue weighted by molar-refractivity contribution is 5.86. The summed E-state index contributed by atoms with van der Waals surface area (Å²) in [5.74, 6) is 1.56. The lowest BCUT2D eigenvalue weighted by atomic mass is 9.48. The maximum atomic E-state index is 12.1. The minimum Gasteiger partial charge on any atom is -0.393 e. The molecule has 0 aliphatic heterocycles. The zero-order chi connectivity index (χ0) is 15.7. The molecule has 0 aromatic rings. The third-order valence-electron chi connectivity index (χ3n) is 7.87. The van der Waals surface area contributed by atoms with Crippen LogP contribution in [0, 0.1) is 28.6 Å². The molecule has 22 heavy (non-hydrogen) atoms. The van der Waals surface area contributed by atoms with Crippen LogP contribution in [0.5, 0.6) is 0 Å². The maximum absolute atomic E-state index is 12.1. The summed E-state index contributed by atoms with van der Waals surface area (Å²) in [5.41, 5.74) is 1.47. The zero-order valence-corrected chi connectivity index (χ0v) is 13.7. The molecule has 2 N–H and O–H groups in total. The molecule has 7 unspecified atom stereocenters. The molecule has 4 aliphatic rings. The van der Waals surface area contributed by atoms with Gasteiger partial charge in [-0.05, 0) is 61.7 Å². The fourth-order valence-electron chi connectivity index (χ4n) is 6.41. The summed E-state index contributed by atoms with van der Waals surface area (Å²) in [6.07, 6.45) is 7.95. The number of hydrogen-bond acceptors (Lipinski definition) is 3. The predicted molar refractivity (Wildman–Crippen MR) is 84.1 cm³/mol. The van der Waals surface area contributed by atoms with E-state index < -0.39 is 6.10 Å². The number of hydrogen-bond donors (Lipinski definition) is 2. The van der Waals surface area contributed by atoms with Crippen LogP contribution >= 0.6 is 0 Å². The number of fused-ring (bicyclic) bond motifs is 5. The topological polar surface area (TPSA) is 57.5 Å². The van der Waals surface area contributed by atoms with Gasteiger partial charge in [-0.15, -0.1) is 0 Å². The molecular formula is C19H28O3. The Morgan fingerprint density at radius 3 is 2.64 bits per heavy atom. The maximum Gasteiger partial charge on any atom is 0.162 e. The van der Waals surface area contributed by atoms with E-state index in [2.05, 4.69) is 19.9 Å². The Morgan fingerprint density at radius 2 is 1.86 bits per heavy atom. The van der Waals surface area contributed by atoms with E-state index in [1.807, 2.05) is 0 Å². The smallest absolute Gasteiger partial charge is 0.162 e. The van der Waals surface area contributed by atoms with Gasteiger partial charge in [0.1, 0.15) is 6.10 Å². The second kappa shape index (κ2) is 4.67. The van der Waals surface area contributed by atoms with E-state index >= 15 is 0 Å². The first-order valence-electron chi connectivity index (χ1n) is 8.94. The molecule has 122 valence electrons. The number of aliphatic hydroxyl groups excluding tert-OH is 2. The Labute approximate surface area is 132 Å². The standard InChI is InChI=1S/C19H28O3/c1-18-7-5-12(20)9-11(18)3-4-13-14(18)6-8-19(2)15(13)10-16(21)17(19)22/h3,12-15,17,20,22H,4-10H2,1-2H3. The summed E-state index contributed by atoms with van der Waals surface area (Å²) in [5, 5.41) is 20.4. The second-order valence-corrected chi connectivity index (χ2v) is 8.77. The average molecular weight is 304 g/mol. The number of carbonyl (C=O) groups excluding carboxylic acids is 1. The molecular weight excluding hydrogens is 276 g/mol. The number of aliphatic hydroxyl groups is 2. The van der Waals surface area contributed by atoms with Crippen LogP contribution in [0.15, 0.2) is 11.6 Å². The van der Waals surface area contributed by atoms with Gasteiger partial charge in [-0.25, -0.2) is 0 Å². The van der Waals surface area contributed by atoms with Gasteiger partial charge in [-0.1, -0.05) is 25.5 Å². The van der Waals surface area contributed by atoms with Crippen LogP contribution in [0.1, 0.15) is 58.8 Å². The Hall–Kier alpha value is -0.670. The van der Waals surface area contributed by atoms with Crippen LogP contribution in [0.25, 0.3) is 0 Å². The summed E-state index contributed by atoms with van der Waals surface area (Å²) in [6, 6.07) is 0. The summed E-state index contributed by atoms with van der Waals surface area (Å²) in [6.45, 7) is 4.52. The van der Waals surface area contributed by atoms with Gasteiger partial charge in [0.05, 0.1) is 6.10 Å². The summed E-state index contributed by atoms with van der Waals surface area (Å²) >= 11 is 0. The monoisotopic (exact) mass is 304 g/mol. The summed E-state index contributed by atoms with van der Waals surface area (Å²) < 4.78 is 0. The first kappa shape index (κ1) is 14.9. The minimum atomic E-state index is -0.746. The first-order chi connectivity index (χ1) is 10.4. The Balaban J connectivity index is 1.70. The number of carbonyl (C=O) groups is 1. The fraction of sp³-hybridized carbons (Fsp3) is 0.842. The van der Waals surface area contributed by atoms with Crippen molar-refractivity contribution in [1.82, 2.24) is 0 Å². The molecule has 0 saturated heterocycles. The van der Waals surface area contributed by atoms with Gasteiger partial charge < -0.3 is 10.2 Å². The molecule has 3 fully saturated rings. The Morgan fingerprint density at radius 1 is 1.09 bits per heavy atom. The molecule has 7 atom stereocenters. The molecule has 0 amide bonds. The lowest BCUT2D eigenvalue weighted by molar-refractivity contribution is -0.128. The molecule has 0 spiro atoms. The first-order valence-corrected chi connectivity index (χ1v) is 8.94. The Bertz CT molecular complexity index is 539. The number of rotatable bonds is 0. The molecule has 3 saturated carbocycles. The van der Waals surface area contributed by atoms with Crippen molar-refractivity contribution in [3.05, 3.63) is 11.6 Å². The fourth-order valence-corrected chi connectivity index (χ4v) is 6.41. The van der Waals surface area contributed by atoms with Crippen molar-refractivity contribution in [2.45, 2.75) is 71.0 Å². The van der Waals surface area contributed by atoms with Gasteiger partial charge >= 0.3 is 0 Å². The van der Waals surface area contributed by atoms with Crippen LogP contribution < -0.4 is 0 Å². The quantitative estimate of drug-likeness (QED) is 0.677. The van der Waals surface area contributed by atoms with E-state index in [9.17, 15) is 15.0 Å². The van der Waals surface area contributed by atoms with Crippen molar-refractivity contribution in [1.29, 1.82) is 0 Å². The number of ketones is 1. The highest BCUT2D eigenvalue weighted by Crippen LogP contribution is 2.64. The van der Waals surface area contributed by atoms with Gasteiger partial charge in [-0.2, -0.15) is 0 Å². The number of allylic oxidation sites excluding steroid dienone is 1. The minimum absolute atomic E-state index is 0.0622. The zero-order valence-electron chi connectivity index (χ0n) is 13.7. The highest BCUT2D eigenvalue weighted by atomic mass is 16.3. The summed E-state index contributed by atoms with van der Waals surface area (Å²) in [7, 11) is 0. The van der Waals surface area contributed by atoms with Gasteiger partial charge in [0.2, 0.25) is 0 Å². The molecule has 0 heterocycles. The van der Waals surface area contributed by atoms with E-state index in [-0.39, 0.29) is 22.7 Å². The molecule has 0 aromatic heterocycles. The predicted octanol–water partition coefficient (Wildman–Crippen LogP) is 2.85. The van der Waals surface area contributed by atoms with Crippen LogP contribution in [-0.2, 0) is 4.79 Å². The molecule has 0 aromatic carbocycles. The van der Waals surface area contributed by atoms with Crippen molar-refractivity contribution in [3.8, 4) is 0 Å². The van der Waals surface area contributed by atoms with Crippen molar-refractivity contribution in [2.75, 3.05) is 0 Å². The second-order valence-electron chi connectivity index (χ2n) is 8.77. The van der Waals surface area contributed by atoms with E-state index in [0.717, 1.165) is 38.5 Å². The summed E-state index contributed by atoms with van der Waals surface area (Å²) in [4.78, 5) is 12.1. The van der Waals surface area contributed by atoms with Gasteiger partial charge in [-0.3, -0.25) is 4.79 Å². The molecule has 0 radical (unpaired) electrons. The average Bonchev–Trinajstić information content (AvgIpc) is 2.72. The van der Waals surface area contributed by atoms with Gasteiger partial charge in [0.15, 0.2) is 5.78 Å². The number of Topliss-reactive ketones (excluding diaryl/α,β-unsaturated/α-hetero) is 1. The van der Waals surface area contributed by atoms with Gasteiger partial charge in [0, 0.05) is 11.8 Å². The van der Waals surface area contributed by atoms with Crippen LogP contribution in [0.2, 0.25) is 0 Å². The third kappa shape index (κ3) is 1.78. The Kier molecular flexibility index (Phi) is 3.16. The van der Waals surface area contributed by atoms with Crippen molar-refractivity contribution >= 4 is 5.78 Å². The van der Waals surface area contributed by atoms with Crippen LogP contribution in [0.3, 0.4) is 0 Å². The normalized spacial score (nSPS) is 54.3. The van der Waals surface area contributed by atoms with E-state index in [1.54, 1.807) is 0 Å². The van der Waals surface area contributed by atoms with Crippen molar-refractivity contribution in [2.24, 2.45) is 28.6 Å².